The Morgan fingerprint density at radius 3 is 2.51 bits per heavy atom. The summed E-state index contributed by atoms with van der Waals surface area (Å²) in [5, 5.41) is 4.19. The standard InChI is InChI=1S/C25H29F2N5O6S/c1-3-37-21(33)5-4-17-12-32(25(36)38-17)16-10-18(26)22(19(27)11-16)30-6-8-31(9-7-30)24(35)15(2)29-23(34)20-13-39-14-28-20/h10-11,13-15,17H,3-9,12H2,1-2H3,(H,29,34)/t15-,17-/m0/s1. The molecule has 1 aromatic heterocycles. The molecule has 14 heteroatoms. The Bertz CT molecular complexity index is 1200. The highest BCUT2D eigenvalue weighted by atomic mass is 32.1. The molecule has 0 unspecified atom stereocenters. The Balaban J connectivity index is 1.33. The maximum Gasteiger partial charge on any atom is 0.414 e. The Hall–Kier alpha value is -3.81. The zero-order valence-electron chi connectivity index (χ0n) is 21.5. The maximum atomic E-state index is 15.1. The van der Waals surface area contributed by atoms with Crippen LogP contribution < -0.4 is 15.1 Å². The van der Waals surface area contributed by atoms with E-state index in [4.69, 9.17) is 9.47 Å². The predicted molar refractivity (Wildman–Crippen MR) is 138 cm³/mol. The molecule has 2 aromatic rings. The lowest BCUT2D eigenvalue weighted by Crippen LogP contribution is -2.54. The highest BCUT2D eigenvalue weighted by Gasteiger charge is 2.34. The van der Waals surface area contributed by atoms with E-state index in [1.54, 1.807) is 19.2 Å². The summed E-state index contributed by atoms with van der Waals surface area (Å²) in [5.41, 5.74) is 1.51. The van der Waals surface area contributed by atoms with Crippen molar-refractivity contribution in [2.45, 2.75) is 38.8 Å². The fraction of sp³-hybridized carbons (Fsp3) is 0.480. The molecule has 3 amide bonds. The third-order valence-electron chi connectivity index (χ3n) is 6.45. The fourth-order valence-electron chi connectivity index (χ4n) is 4.49. The van der Waals surface area contributed by atoms with Crippen LogP contribution in [0.1, 0.15) is 37.2 Å². The average Bonchev–Trinajstić information content (AvgIpc) is 3.57. The van der Waals surface area contributed by atoms with E-state index in [-0.39, 0.29) is 75.1 Å². The van der Waals surface area contributed by atoms with Gasteiger partial charge in [-0.3, -0.25) is 19.3 Å². The minimum atomic E-state index is -0.851. The number of esters is 1. The first-order valence-corrected chi connectivity index (χ1v) is 13.5. The monoisotopic (exact) mass is 565 g/mol. The van der Waals surface area contributed by atoms with Gasteiger partial charge < -0.3 is 24.6 Å². The highest BCUT2D eigenvalue weighted by Crippen LogP contribution is 2.32. The van der Waals surface area contributed by atoms with Crippen molar-refractivity contribution in [2.24, 2.45) is 0 Å². The van der Waals surface area contributed by atoms with E-state index in [0.717, 1.165) is 17.0 Å². The summed E-state index contributed by atoms with van der Waals surface area (Å²) < 4.78 is 40.3. The van der Waals surface area contributed by atoms with E-state index < -0.39 is 41.7 Å². The molecule has 1 N–H and O–H groups in total. The normalized spacial score (nSPS) is 18.1. The number of thiazole rings is 1. The van der Waals surface area contributed by atoms with Gasteiger partial charge in [0.1, 0.15) is 23.5 Å². The summed E-state index contributed by atoms with van der Waals surface area (Å²) in [6, 6.07) is 1.35. The Morgan fingerprint density at radius 1 is 1.21 bits per heavy atom. The lowest BCUT2D eigenvalue weighted by Gasteiger charge is -2.37. The van der Waals surface area contributed by atoms with Crippen LogP contribution in [0.2, 0.25) is 0 Å². The smallest absolute Gasteiger partial charge is 0.414 e. The number of carbonyl (C=O) groups excluding carboxylic acids is 4. The molecular formula is C25H29F2N5O6S. The van der Waals surface area contributed by atoms with Crippen LogP contribution in [0.15, 0.2) is 23.0 Å². The molecule has 0 saturated carbocycles. The average molecular weight is 566 g/mol. The van der Waals surface area contributed by atoms with Gasteiger partial charge in [-0.2, -0.15) is 0 Å². The number of ether oxygens (including phenoxy) is 2. The van der Waals surface area contributed by atoms with Gasteiger partial charge in [0, 0.05) is 50.1 Å². The third kappa shape index (κ3) is 6.61. The molecule has 0 bridgehead atoms. The fourth-order valence-corrected chi connectivity index (χ4v) is 5.02. The van der Waals surface area contributed by atoms with E-state index in [0.29, 0.717) is 0 Å². The maximum absolute atomic E-state index is 15.1. The van der Waals surface area contributed by atoms with Gasteiger partial charge in [-0.05, 0) is 20.3 Å². The van der Waals surface area contributed by atoms with Crippen LogP contribution in [0.25, 0.3) is 0 Å². The first kappa shape index (κ1) is 28.2. The molecule has 2 atom stereocenters. The van der Waals surface area contributed by atoms with Gasteiger partial charge in [-0.25, -0.2) is 18.6 Å². The SMILES string of the molecule is CCOC(=O)CC[C@H]1CN(c2cc(F)c(N3CCN(C(=O)[C@H](C)NC(=O)c4cscn4)CC3)c(F)c2)C(=O)O1. The van der Waals surface area contributed by atoms with Crippen molar-refractivity contribution in [3.05, 3.63) is 40.4 Å². The molecule has 0 radical (unpaired) electrons. The van der Waals surface area contributed by atoms with Gasteiger partial charge in [-0.15, -0.1) is 11.3 Å². The number of aromatic nitrogens is 1. The summed E-state index contributed by atoms with van der Waals surface area (Å²) in [4.78, 5) is 56.9. The van der Waals surface area contributed by atoms with Crippen molar-refractivity contribution in [2.75, 3.05) is 49.1 Å². The minimum absolute atomic E-state index is 0.0101. The third-order valence-corrected chi connectivity index (χ3v) is 7.04. The molecule has 2 fully saturated rings. The number of cyclic esters (lactones) is 1. The van der Waals surface area contributed by atoms with E-state index in [1.165, 1.54) is 26.6 Å². The van der Waals surface area contributed by atoms with Gasteiger partial charge in [0.05, 0.1) is 24.3 Å². The van der Waals surface area contributed by atoms with E-state index >= 15 is 8.78 Å². The summed E-state index contributed by atoms with van der Waals surface area (Å²) >= 11 is 1.27. The Kier molecular flexibility index (Phi) is 8.94. The molecule has 2 saturated heterocycles. The summed E-state index contributed by atoms with van der Waals surface area (Å²) in [6.07, 6.45) is -1.06. The molecule has 0 spiro atoms. The lowest BCUT2D eigenvalue weighted by molar-refractivity contribution is -0.143. The second kappa shape index (κ2) is 12.4. The van der Waals surface area contributed by atoms with Crippen molar-refractivity contribution >= 4 is 46.6 Å². The van der Waals surface area contributed by atoms with Crippen molar-refractivity contribution in [3.63, 3.8) is 0 Å². The molecule has 1 aromatic carbocycles. The summed E-state index contributed by atoms with van der Waals surface area (Å²) in [6.45, 7) is 4.32. The van der Waals surface area contributed by atoms with Crippen LogP contribution in [-0.2, 0) is 19.1 Å². The van der Waals surface area contributed by atoms with E-state index in [2.05, 4.69) is 10.3 Å². The van der Waals surface area contributed by atoms with Crippen LogP contribution in [-0.4, -0.2) is 85.2 Å². The lowest BCUT2D eigenvalue weighted by atomic mass is 10.1. The molecule has 39 heavy (non-hydrogen) atoms. The minimum Gasteiger partial charge on any atom is -0.466 e. The number of amides is 3. The van der Waals surface area contributed by atoms with Crippen molar-refractivity contribution in [1.29, 1.82) is 0 Å². The van der Waals surface area contributed by atoms with Gasteiger partial charge in [-0.1, -0.05) is 0 Å². The number of nitrogens with one attached hydrogen (secondary N) is 1. The van der Waals surface area contributed by atoms with Gasteiger partial charge in [0.25, 0.3) is 5.91 Å². The van der Waals surface area contributed by atoms with Crippen LogP contribution in [0.4, 0.5) is 25.0 Å². The first-order chi connectivity index (χ1) is 18.7. The Labute approximate surface area is 227 Å². The number of rotatable bonds is 9. The molecule has 0 aliphatic carbocycles. The van der Waals surface area contributed by atoms with E-state index in [1.807, 2.05) is 0 Å². The number of halogens is 2. The van der Waals surface area contributed by atoms with Crippen LogP contribution in [0, 0.1) is 11.6 Å². The number of hydrogen-bond acceptors (Lipinski definition) is 9. The molecular weight excluding hydrogens is 536 g/mol. The zero-order valence-corrected chi connectivity index (χ0v) is 22.3. The Morgan fingerprint density at radius 2 is 1.90 bits per heavy atom. The quantitative estimate of drug-likeness (QED) is 0.461. The zero-order chi connectivity index (χ0) is 28.1. The second-order valence-electron chi connectivity index (χ2n) is 9.10. The summed E-state index contributed by atoms with van der Waals surface area (Å²) in [7, 11) is 0. The molecule has 210 valence electrons. The van der Waals surface area contributed by atoms with Gasteiger partial charge in [0.15, 0.2) is 11.6 Å². The van der Waals surface area contributed by atoms with E-state index in [9.17, 15) is 19.2 Å². The van der Waals surface area contributed by atoms with Crippen molar-refractivity contribution in [1.82, 2.24) is 15.2 Å². The van der Waals surface area contributed by atoms with Crippen LogP contribution >= 0.6 is 11.3 Å². The second-order valence-corrected chi connectivity index (χ2v) is 9.82. The number of hydrogen-bond donors (Lipinski definition) is 1. The van der Waals surface area contributed by atoms with Gasteiger partial charge >= 0.3 is 12.1 Å². The van der Waals surface area contributed by atoms with Crippen LogP contribution in [0.5, 0.6) is 0 Å². The molecule has 2 aliphatic rings. The number of piperazine rings is 1. The first-order valence-electron chi connectivity index (χ1n) is 12.5. The number of nitrogens with zero attached hydrogens (tertiary/aromatic N) is 4. The molecule has 3 heterocycles. The number of anilines is 2. The summed E-state index contributed by atoms with van der Waals surface area (Å²) in [5.74, 6) is -2.87. The van der Waals surface area contributed by atoms with Gasteiger partial charge in [0.2, 0.25) is 5.91 Å². The van der Waals surface area contributed by atoms with Crippen LogP contribution in [0.3, 0.4) is 0 Å². The highest BCUT2D eigenvalue weighted by molar-refractivity contribution is 7.07. The largest absolute Gasteiger partial charge is 0.466 e. The molecule has 4 rings (SSSR count). The number of carbonyl (C=O) groups is 4. The predicted octanol–water partition coefficient (Wildman–Crippen LogP) is 2.56. The molecule has 2 aliphatic heterocycles. The topological polar surface area (TPSA) is 121 Å². The van der Waals surface area contributed by atoms with Crippen molar-refractivity contribution in [3.8, 4) is 0 Å². The molecule has 11 nitrogen and oxygen atoms in total. The van der Waals surface area contributed by atoms with Crippen molar-refractivity contribution < 1.29 is 37.4 Å². The number of benzene rings is 1.